The van der Waals surface area contributed by atoms with Crippen molar-refractivity contribution in [2.24, 2.45) is 7.05 Å². The minimum absolute atomic E-state index is 0.259. The number of benzene rings is 1. The Bertz CT molecular complexity index is 1040. The second kappa shape index (κ2) is 11.9. The molecule has 0 saturated carbocycles. The van der Waals surface area contributed by atoms with Gasteiger partial charge in [-0.25, -0.2) is 9.37 Å². The third-order valence-electron chi connectivity index (χ3n) is 4.69. The number of pyridine rings is 1. The lowest BCUT2D eigenvalue weighted by atomic mass is 10.1. The van der Waals surface area contributed by atoms with Gasteiger partial charge in [0.1, 0.15) is 5.82 Å². The molecule has 31 heavy (non-hydrogen) atoms. The molecule has 0 aliphatic heterocycles. The van der Waals surface area contributed by atoms with Crippen molar-refractivity contribution < 1.29 is 4.39 Å². The molecule has 3 rings (SSSR count). The molecule has 0 saturated heterocycles. The number of halogens is 1. The molecule has 1 N–H and O–H groups in total. The summed E-state index contributed by atoms with van der Waals surface area (Å²) in [5.41, 5.74) is 4.79. The Hall–Kier alpha value is -3.91. The second-order valence-corrected chi connectivity index (χ2v) is 6.65. The van der Waals surface area contributed by atoms with E-state index in [1.54, 1.807) is 30.6 Å². The van der Waals surface area contributed by atoms with Gasteiger partial charge in [-0.15, -0.1) is 12.8 Å². The molecule has 158 valence electrons. The number of terminal acetylenes is 1. The Morgan fingerprint density at radius 2 is 1.77 bits per heavy atom. The van der Waals surface area contributed by atoms with E-state index in [2.05, 4.69) is 36.3 Å². The van der Waals surface area contributed by atoms with Crippen molar-refractivity contribution in [1.82, 2.24) is 14.5 Å². The zero-order valence-electron chi connectivity index (χ0n) is 17.8. The van der Waals surface area contributed by atoms with Gasteiger partial charge >= 0.3 is 0 Å². The normalized spacial score (nSPS) is 10.6. The zero-order valence-corrected chi connectivity index (χ0v) is 17.8. The lowest BCUT2D eigenvalue weighted by molar-refractivity contribution is 0.628. The molecule has 5 heteroatoms. The van der Waals surface area contributed by atoms with Crippen LogP contribution in [0, 0.1) is 18.7 Å². The number of hydrogen-bond acceptors (Lipinski definition) is 3. The van der Waals surface area contributed by atoms with Crippen LogP contribution in [0.5, 0.6) is 0 Å². The van der Waals surface area contributed by atoms with Crippen LogP contribution >= 0.6 is 0 Å². The molecule has 0 atom stereocenters. The van der Waals surface area contributed by atoms with E-state index in [0.29, 0.717) is 0 Å². The van der Waals surface area contributed by atoms with Gasteiger partial charge in [-0.05, 0) is 54.8 Å². The van der Waals surface area contributed by atoms with Gasteiger partial charge in [0.05, 0.1) is 11.4 Å². The molecular weight excluding hydrogens is 387 g/mol. The standard InChI is InChI=1S/C24H25FN4.C2H2/c1-4-7-18(5-2)8-6-15-27-24-28-22(19-13-16-26-17-14-19)23(29(24)3)20-9-11-21(25)12-10-20;1-2/h4-5,7,9-14,16-17H,1-2,6,8,15H2,3H3,(H,27,28);1-2H/b18-7+;. The van der Waals surface area contributed by atoms with Crippen molar-refractivity contribution in [1.29, 1.82) is 0 Å². The van der Waals surface area contributed by atoms with Crippen LogP contribution in [-0.2, 0) is 7.05 Å². The van der Waals surface area contributed by atoms with Crippen LogP contribution in [0.1, 0.15) is 12.8 Å². The number of aromatic nitrogens is 3. The van der Waals surface area contributed by atoms with E-state index in [9.17, 15) is 4.39 Å². The van der Waals surface area contributed by atoms with Crippen LogP contribution in [0.4, 0.5) is 10.3 Å². The molecule has 0 amide bonds. The molecule has 4 nitrogen and oxygen atoms in total. The number of nitrogens with zero attached hydrogens (tertiary/aromatic N) is 3. The van der Waals surface area contributed by atoms with Crippen LogP contribution in [0.2, 0.25) is 0 Å². The number of hydrogen-bond donors (Lipinski definition) is 1. The molecule has 3 aromatic rings. The Morgan fingerprint density at radius 3 is 2.39 bits per heavy atom. The van der Waals surface area contributed by atoms with Gasteiger partial charge in [0.2, 0.25) is 5.95 Å². The number of allylic oxidation sites excluding steroid dienone is 4. The quantitative estimate of drug-likeness (QED) is 0.264. The van der Waals surface area contributed by atoms with Crippen LogP contribution in [0.3, 0.4) is 0 Å². The van der Waals surface area contributed by atoms with E-state index >= 15 is 0 Å². The number of imidazole rings is 1. The maximum atomic E-state index is 13.4. The smallest absolute Gasteiger partial charge is 0.203 e. The number of anilines is 1. The molecule has 0 fully saturated rings. The zero-order chi connectivity index (χ0) is 22.6. The average molecular weight is 415 g/mol. The fourth-order valence-electron chi connectivity index (χ4n) is 3.20. The Labute approximate surface area is 183 Å². The first-order chi connectivity index (χ1) is 15.1. The Morgan fingerprint density at radius 1 is 1.10 bits per heavy atom. The summed E-state index contributed by atoms with van der Waals surface area (Å²) in [4.78, 5) is 8.93. The first kappa shape index (κ1) is 23.4. The van der Waals surface area contributed by atoms with Crippen molar-refractivity contribution in [3.63, 3.8) is 0 Å². The summed E-state index contributed by atoms with van der Waals surface area (Å²) < 4.78 is 15.4. The summed E-state index contributed by atoms with van der Waals surface area (Å²) in [5, 5.41) is 3.42. The third-order valence-corrected chi connectivity index (χ3v) is 4.69. The summed E-state index contributed by atoms with van der Waals surface area (Å²) in [6.45, 7) is 8.33. The maximum Gasteiger partial charge on any atom is 0.203 e. The van der Waals surface area contributed by atoms with E-state index in [0.717, 1.165) is 53.4 Å². The summed E-state index contributed by atoms with van der Waals surface area (Å²) in [5.74, 6) is 0.509. The fraction of sp³-hybridized carbons (Fsp3) is 0.154. The monoisotopic (exact) mass is 414 g/mol. The molecule has 0 aliphatic rings. The summed E-state index contributed by atoms with van der Waals surface area (Å²) >= 11 is 0. The van der Waals surface area contributed by atoms with Gasteiger partial charge in [-0.3, -0.25) is 4.98 Å². The van der Waals surface area contributed by atoms with Crippen molar-refractivity contribution in [3.8, 4) is 35.4 Å². The highest BCUT2D eigenvalue weighted by molar-refractivity contribution is 5.80. The summed E-state index contributed by atoms with van der Waals surface area (Å²) in [6, 6.07) is 10.3. The molecule has 0 unspecified atom stereocenters. The Kier molecular flexibility index (Phi) is 9.00. The van der Waals surface area contributed by atoms with Gasteiger partial charge in [0, 0.05) is 37.1 Å². The summed E-state index contributed by atoms with van der Waals surface area (Å²) in [7, 11) is 1.96. The molecule has 0 radical (unpaired) electrons. The highest BCUT2D eigenvalue weighted by Crippen LogP contribution is 2.33. The summed E-state index contributed by atoms with van der Waals surface area (Å²) in [6.07, 6.45) is 18.9. The maximum absolute atomic E-state index is 13.4. The van der Waals surface area contributed by atoms with Crippen molar-refractivity contribution >= 4 is 5.95 Å². The lowest BCUT2D eigenvalue weighted by Crippen LogP contribution is -2.07. The molecule has 1 aromatic carbocycles. The highest BCUT2D eigenvalue weighted by Gasteiger charge is 2.17. The highest BCUT2D eigenvalue weighted by atomic mass is 19.1. The van der Waals surface area contributed by atoms with E-state index < -0.39 is 0 Å². The molecule has 2 heterocycles. The third kappa shape index (κ3) is 6.03. The average Bonchev–Trinajstić information content (AvgIpc) is 3.14. The van der Waals surface area contributed by atoms with Gasteiger partial charge < -0.3 is 9.88 Å². The number of nitrogens with one attached hydrogen (secondary N) is 1. The van der Waals surface area contributed by atoms with Gasteiger partial charge in [0.15, 0.2) is 0 Å². The van der Waals surface area contributed by atoms with E-state index in [1.807, 2.05) is 35.9 Å². The van der Waals surface area contributed by atoms with Crippen molar-refractivity contribution in [2.45, 2.75) is 12.8 Å². The molecule has 0 aliphatic carbocycles. The molecule has 0 bridgehead atoms. The minimum atomic E-state index is -0.259. The van der Waals surface area contributed by atoms with Crippen LogP contribution in [0.25, 0.3) is 22.5 Å². The van der Waals surface area contributed by atoms with Crippen LogP contribution in [0.15, 0.2) is 85.8 Å². The largest absolute Gasteiger partial charge is 0.356 e. The van der Waals surface area contributed by atoms with Crippen LogP contribution < -0.4 is 5.32 Å². The van der Waals surface area contributed by atoms with E-state index in [-0.39, 0.29) is 5.82 Å². The lowest BCUT2D eigenvalue weighted by Gasteiger charge is -2.09. The first-order valence-corrected chi connectivity index (χ1v) is 9.88. The van der Waals surface area contributed by atoms with Gasteiger partial charge in [0.25, 0.3) is 0 Å². The molecular formula is C26H27FN4. The second-order valence-electron chi connectivity index (χ2n) is 6.65. The molecule has 0 spiro atoms. The number of rotatable bonds is 9. The first-order valence-electron chi connectivity index (χ1n) is 9.88. The van der Waals surface area contributed by atoms with Gasteiger partial charge in [-0.1, -0.05) is 31.4 Å². The predicted molar refractivity (Wildman–Crippen MR) is 128 cm³/mol. The topological polar surface area (TPSA) is 42.7 Å². The minimum Gasteiger partial charge on any atom is -0.356 e. The predicted octanol–water partition coefficient (Wildman–Crippen LogP) is 6.03. The van der Waals surface area contributed by atoms with Crippen molar-refractivity contribution in [3.05, 3.63) is 91.6 Å². The van der Waals surface area contributed by atoms with Crippen molar-refractivity contribution in [2.75, 3.05) is 11.9 Å². The van der Waals surface area contributed by atoms with E-state index in [4.69, 9.17) is 4.98 Å². The fourth-order valence-corrected chi connectivity index (χ4v) is 3.20. The van der Waals surface area contributed by atoms with Crippen LogP contribution in [-0.4, -0.2) is 21.1 Å². The van der Waals surface area contributed by atoms with E-state index in [1.165, 1.54) is 12.1 Å². The Balaban J connectivity index is 0.00000166. The van der Waals surface area contributed by atoms with Gasteiger partial charge in [-0.2, -0.15) is 0 Å². The molecule has 2 aromatic heterocycles. The SMILES string of the molecule is C#C.C=C/C=C(\C=C)CCCNc1nc(-c2ccncc2)c(-c2ccc(F)cc2)n1C.